The van der Waals surface area contributed by atoms with Crippen molar-refractivity contribution < 1.29 is 24.0 Å². The number of hydrogen-bond acceptors (Lipinski definition) is 7. The Morgan fingerprint density at radius 2 is 1.68 bits per heavy atom. The number of nitro groups is 1. The van der Waals surface area contributed by atoms with Crippen LogP contribution in [0.3, 0.4) is 0 Å². The lowest BCUT2D eigenvalue weighted by atomic mass is 10.0. The zero-order valence-electron chi connectivity index (χ0n) is 17.8. The number of rotatable bonds is 8. The van der Waals surface area contributed by atoms with Crippen LogP contribution in [0.1, 0.15) is 33.9 Å². The quantitative estimate of drug-likeness (QED) is 0.301. The predicted molar refractivity (Wildman–Crippen MR) is 123 cm³/mol. The first kappa shape index (κ1) is 22.5. The third-order valence-electron chi connectivity index (χ3n) is 5.04. The summed E-state index contributed by atoms with van der Waals surface area (Å²) in [4.78, 5) is 36.0. The van der Waals surface area contributed by atoms with Crippen LogP contribution < -0.4 is 20.2 Å². The molecule has 3 aromatic rings. The minimum Gasteiger partial charge on any atom is -0.454 e. The summed E-state index contributed by atoms with van der Waals surface area (Å²) in [6.07, 6.45) is 1.07. The lowest BCUT2D eigenvalue weighted by Gasteiger charge is -2.18. The first-order valence-corrected chi connectivity index (χ1v) is 10.3. The zero-order valence-corrected chi connectivity index (χ0v) is 17.8. The van der Waals surface area contributed by atoms with E-state index in [9.17, 15) is 19.7 Å². The molecule has 1 atom stereocenters. The molecule has 0 radical (unpaired) electrons. The molecule has 0 spiro atoms. The standard InChI is InChI=1S/C24H20N4O6/c29-23(27-25-14-18-11-21-22(34-15-33-21)13-20(18)28(31)32)12-19(16-7-3-1-4-8-16)26-24(30)17-9-5-2-6-10-17/h1-11,13-14,19H,12,15H2,(H,26,30)(H,27,29)/b25-14-/t19-/m1/s1. The number of fused-ring (bicyclic) bond motifs is 1. The van der Waals surface area contributed by atoms with Crippen LogP contribution in [0.2, 0.25) is 0 Å². The molecule has 1 aliphatic heterocycles. The van der Waals surface area contributed by atoms with Crippen molar-refractivity contribution in [2.24, 2.45) is 5.10 Å². The largest absolute Gasteiger partial charge is 0.454 e. The van der Waals surface area contributed by atoms with Gasteiger partial charge in [0.1, 0.15) is 0 Å². The van der Waals surface area contributed by atoms with Gasteiger partial charge in [0.2, 0.25) is 12.7 Å². The third-order valence-corrected chi connectivity index (χ3v) is 5.04. The Morgan fingerprint density at radius 1 is 1.03 bits per heavy atom. The molecule has 0 saturated heterocycles. The number of nitro benzene ring substituents is 1. The van der Waals surface area contributed by atoms with Crippen molar-refractivity contribution >= 4 is 23.7 Å². The van der Waals surface area contributed by atoms with Crippen molar-refractivity contribution in [2.45, 2.75) is 12.5 Å². The average Bonchev–Trinajstić information content (AvgIpc) is 3.31. The van der Waals surface area contributed by atoms with E-state index in [1.165, 1.54) is 12.1 Å². The molecule has 1 heterocycles. The van der Waals surface area contributed by atoms with E-state index in [2.05, 4.69) is 15.8 Å². The van der Waals surface area contributed by atoms with Gasteiger partial charge >= 0.3 is 0 Å². The summed E-state index contributed by atoms with van der Waals surface area (Å²) in [6, 6.07) is 19.8. The maximum Gasteiger partial charge on any atom is 0.282 e. The van der Waals surface area contributed by atoms with Gasteiger partial charge < -0.3 is 14.8 Å². The topological polar surface area (TPSA) is 132 Å². The average molecular weight is 460 g/mol. The molecular formula is C24H20N4O6. The monoisotopic (exact) mass is 460 g/mol. The highest BCUT2D eigenvalue weighted by molar-refractivity contribution is 5.95. The van der Waals surface area contributed by atoms with Crippen LogP contribution in [0.4, 0.5) is 5.69 Å². The van der Waals surface area contributed by atoms with Gasteiger partial charge in [-0.1, -0.05) is 48.5 Å². The number of amides is 2. The molecule has 0 aliphatic carbocycles. The minimum absolute atomic E-state index is 0.0284. The molecule has 1 aliphatic rings. The van der Waals surface area contributed by atoms with Gasteiger partial charge in [-0.25, -0.2) is 5.43 Å². The fraction of sp³-hybridized carbons (Fsp3) is 0.125. The Morgan fingerprint density at radius 3 is 2.35 bits per heavy atom. The van der Waals surface area contributed by atoms with Crippen LogP contribution >= 0.6 is 0 Å². The highest BCUT2D eigenvalue weighted by atomic mass is 16.7. The molecule has 10 nitrogen and oxygen atoms in total. The van der Waals surface area contributed by atoms with Crippen molar-refractivity contribution in [3.8, 4) is 11.5 Å². The van der Waals surface area contributed by atoms with E-state index < -0.39 is 16.9 Å². The fourth-order valence-corrected chi connectivity index (χ4v) is 3.38. The van der Waals surface area contributed by atoms with E-state index >= 15 is 0 Å². The third kappa shape index (κ3) is 5.36. The fourth-order valence-electron chi connectivity index (χ4n) is 3.38. The Labute approximate surface area is 194 Å². The maximum atomic E-state index is 12.6. The molecule has 0 fully saturated rings. The highest BCUT2D eigenvalue weighted by Gasteiger charge is 2.23. The second-order valence-corrected chi connectivity index (χ2v) is 7.32. The molecule has 0 unspecified atom stereocenters. The lowest BCUT2D eigenvalue weighted by Crippen LogP contribution is -2.32. The number of nitrogens with one attached hydrogen (secondary N) is 2. The van der Waals surface area contributed by atoms with Gasteiger partial charge in [0.05, 0.1) is 35.2 Å². The van der Waals surface area contributed by atoms with Crippen LogP contribution in [0, 0.1) is 10.1 Å². The van der Waals surface area contributed by atoms with E-state index in [0.29, 0.717) is 11.3 Å². The Bertz CT molecular complexity index is 1230. The summed E-state index contributed by atoms with van der Waals surface area (Å²) in [5.74, 6) is -0.178. The maximum absolute atomic E-state index is 12.6. The first-order valence-electron chi connectivity index (χ1n) is 10.3. The summed E-state index contributed by atoms with van der Waals surface area (Å²) < 4.78 is 10.4. The van der Waals surface area contributed by atoms with Crippen LogP contribution in [-0.4, -0.2) is 29.7 Å². The number of benzene rings is 3. The molecule has 2 amide bonds. The van der Waals surface area contributed by atoms with Crippen molar-refractivity contribution in [3.63, 3.8) is 0 Å². The molecule has 3 aromatic carbocycles. The van der Waals surface area contributed by atoms with E-state index in [4.69, 9.17) is 9.47 Å². The summed E-state index contributed by atoms with van der Waals surface area (Å²) >= 11 is 0. The first-order chi connectivity index (χ1) is 16.5. The van der Waals surface area contributed by atoms with Gasteiger partial charge in [0.25, 0.3) is 11.6 Å². The number of hydrazone groups is 1. The van der Waals surface area contributed by atoms with E-state index in [1.807, 2.05) is 30.3 Å². The summed E-state index contributed by atoms with van der Waals surface area (Å²) in [7, 11) is 0. The van der Waals surface area contributed by atoms with Crippen molar-refractivity contribution in [1.82, 2.24) is 10.7 Å². The summed E-state index contributed by atoms with van der Waals surface area (Å²) in [5, 5.41) is 18.1. The number of carbonyl (C=O) groups excluding carboxylic acids is 2. The van der Waals surface area contributed by atoms with Gasteiger partial charge in [0, 0.05) is 5.56 Å². The van der Waals surface area contributed by atoms with E-state index in [-0.39, 0.29) is 36.1 Å². The molecule has 10 heteroatoms. The minimum atomic E-state index is -0.607. The molecule has 34 heavy (non-hydrogen) atoms. The number of hydrogen-bond donors (Lipinski definition) is 2. The second-order valence-electron chi connectivity index (χ2n) is 7.32. The second kappa shape index (κ2) is 10.3. The van der Waals surface area contributed by atoms with E-state index in [1.54, 1.807) is 30.3 Å². The van der Waals surface area contributed by atoms with Gasteiger partial charge in [-0.3, -0.25) is 19.7 Å². The molecule has 0 bridgehead atoms. The molecular weight excluding hydrogens is 440 g/mol. The van der Waals surface area contributed by atoms with Gasteiger partial charge in [0.15, 0.2) is 11.5 Å². The van der Waals surface area contributed by atoms with Crippen LogP contribution in [-0.2, 0) is 4.79 Å². The van der Waals surface area contributed by atoms with Gasteiger partial charge in [-0.2, -0.15) is 5.10 Å². The normalized spacial score (nSPS) is 12.8. The smallest absolute Gasteiger partial charge is 0.282 e. The zero-order chi connectivity index (χ0) is 23.9. The Hall–Kier alpha value is -4.73. The molecule has 0 aromatic heterocycles. The molecule has 2 N–H and O–H groups in total. The van der Waals surface area contributed by atoms with Crippen LogP contribution in [0.25, 0.3) is 0 Å². The Balaban J connectivity index is 1.46. The van der Waals surface area contributed by atoms with Crippen LogP contribution in [0.5, 0.6) is 11.5 Å². The Kier molecular flexibility index (Phi) is 6.78. The number of carbonyl (C=O) groups is 2. The predicted octanol–water partition coefficient (Wildman–Crippen LogP) is 3.34. The number of ether oxygens (including phenoxy) is 2. The van der Waals surface area contributed by atoms with Crippen LogP contribution in [0.15, 0.2) is 77.9 Å². The van der Waals surface area contributed by atoms with Gasteiger partial charge in [-0.15, -0.1) is 0 Å². The highest BCUT2D eigenvalue weighted by Crippen LogP contribution is 2.37. The summed E-state index contributed by atoms with van der Waals surface area (Å²) in [5.41, 5.74) is 3.49. The van der Waals surface area contributed by atoms with Crippen molar-refractivity contribution in [2.75, 3.05) is 6.79 Å². The van der Waals surface area contributed by atoms with Gasteiger partial charge in [-0.05, 0) is 23.8 Å². The molecule has 172 valence electrons. The van der Waals surface area contributed by atoms with Crippen molar-refractivity contribution in [3.05, 3.63) is 99.6 Å². The molecule has 4 rings (SSSR count). The molecule has 0 saturated carbocycles. The number of nitrogens with zero attached hydrogens (tertiary/aromatic N) is 2. The summed E-state index contributed by atoms with van der Waals surface area (Å²) in [6.45, 7) is -0.0284. The lowest BCUT2D eigenvalue weighted by molar-refractivity contribution is -0.385. The van der Waals surface area contributed by atoms with Crippen molar-refractivity contribution in [1.29, 1.82) is 0 Å². The SMILES string of the molecule is O=C(C[C@@H](NC(=O)c1ccccc1)c1ccccc1)N/N=C\c1cc2c(cc1[N+](=O)[O-])OCO2. The van der Waals surface area contributed by atoms with E-state index in [0.717, 1.165) is 11.8 Å².